The molecule has 36 heavy (non-hydrogen) atoms. The first-order valence-electron chi connectivity index (χ1n) is 11.3. The van der Waals surface area contributed by atoms with Crippen molar-refractivity contribution in [3.63, 3.8) is 0 Å². The van der Waals surface area contributed by atoms with Crippen LogP contribution in [0.15, 0.2) is 46.8 Å². The molecule has 7 N–H and O–H groups in total. The first kappa shape index (κ1) is 24.6. The lowest BCUT2D eigenvalue weighted by Crippen LogP contribution is -2.28. The highest BCUT2D eigenvalue weighted by atomic mass is 16.1. The summed E-state index contributed by atoms with van der Waals surface area (Å²) in [5.41, 5.74) is 19.9. The Morgan fingerprint density at radius 1 is 1.28 bits per heavy atom. The number of rotatable bonds is 6. The third kappa shape index (κ3) is 4.43. The second-order valence-corrected chi connectivity index (χ2v) is 8.29. The molecule has 13 nitrogen and oxygen atoms in total. The van der Waals surface area contributed by atoms with Gasteiger partial charge in [-0.3, -0.25) is 19.5 Å². The molecule has 1 saturated carbocycles. The van der Waals surface area contributed by atoms with Crippen molar-refractivity contribution in [1.29, 1.82) is 10.9 Å². The number of anilines is 2. The van der Waals surface area contributed by atoms with Crippen molar-refractivity contribution in [2.45, 2.75) is 31.8 Å². The number of nitrogens with two attached hydrogens (primary N) is 2. The van der Waals surface area contributed by atoms with Gasteiger partial charge >= 0.3 is 0 Å². The van der Waals surface area contributed by atoms with Crippen LogP contribution in [0.25, 0.3) is 22.0 Å². The number of nitrogen functional groups attached to an aromatic ring is 1. The maximum atomic E-state index is 13.8. The molecule has 186 valence electrons. The minimum absolute atomic E-state index is 0.0397. The number of benzene rings is 1. The van der Waals surface area contributed by atoms with Gasteiger partial charge in [-0.1, -0.05) is 12.1 Å². The Labute approximate surface area is 206 Å². The molecule has 0 unspecified atom stereocenters. The molecule has 0 aliphatic heterocycles. The van der Waals surface area contributed by atoms with Gasteiger partial charge < -0.3 is 16.8 Å². The van der Waals surface area contributed by atoms with Gasteiger partial charge in [0.1, 0.15) is 29.4 Å². The first-order valence-corrected chi connectivity index (χ1v) is 11.3. The molecule has 0 radical (unpaired) electrons. The molecule has 1 aromatic carbocycles. The zero-order valence-electron chi connectivity index (χ0n) is 20.2. The van der Waals surface area contributed by atoms with Crippen molar-refractivity contribution in [2.24, 2.45) is 17.9 Å². The van der Waals surface area contributed by atoms with E-state index in [9.17, 15) is 4.79 Å². The van der Waals surface area contributed by atoms with Crippen molar-refractivity contribution in [2.75, 3.05) is 18.1 Å². The van der Waals surface area contributed by atoms with Gasteiger partial charge in [-0.25, -0.2) is 20.5 Å². The van der Waals surface area contributed by atoms with Crippen LogP contribution in [-0.2, 0) is 7.05 Å². The molecule has 13 heteroatoms. The minimum atomic E-state index is -0.452. The predicted octanol–water partition coefficient (Wildman–Crippen LogP) is 2.61. The van der Waals surface area contributed by atoms with Crippen LogP contribution in [0.4, 0.5) is 11.6 Å². The lowest BCUT2D eigenvalue weighted by atomic mass is 10.0. The summed E-state index contributed by atoms with van der Waals surface area (Å²) in [5, 5.41) is 19.1. The second kappa shape index (κ2) is 10.00. The molecule has 4 aromatic rings. The summed E-state index contributed by atoms with van der Waals surface area (Å²) in [5.74, 6) is 0.487. The van der Waals surface area contributed by atoms with E-state index in [0.717, 1.165) is 24.0 Å². The molecule has 0 bridgehead atoms. The highest BCUT2D eigenvalue weighted by Gasteiger charge is 2.31. The van der Waals surface area contributed by atoms with Gasteiger partial charge in [0, 0.05) is 24.8 Å². The molecule has 3 aromatic heterocycles. The van der Waals surface area contributed by atoms with E-state index >= 15 is 0 Å². The summed E-state index contributed by atoms with van der Waals surface area (Å²) in [6.45, 7) is 1.86. The number of aromatic nitrogens is 6. The Balaban J connectivity index is 0.00000148. The highest BCUT2D eigenvalue weighted by Crippen LogP contribution is 2.37. The lowest BCUT2D eigenvalue weighted by molar-refractivity contribution is 0.609. The molecule has 0 amide bonds. The minimum Gasteiger partial charge on any atom is -0.383 e. The van der Waals surface area contributed by atoms with E-state index in [0.29, 0.717) is 16.7 Å². The molecular formula is C23H28N12O. The summed E-state index contributed by atoms with van der Waals surface area (Å²) >= 11 is 0. The summed E-state index contributed by atoms with van der Waals surface area (Å²) in [6.07, 6.45) is 6.68. The van der Waals surface area contributed by atoms with Crippen molar-refractivity contribution >= 4 is 28.4 Å². The number of nitrogens with zero attached hydrogens (tertiary/aromatic N) is 7. The molecule has 1 aliphatic carbocycles. The highest BCUT2D eigenvalue weighted by molar-refractivity contribution is 6.04. The van der Waals surface area contributed by atoms with E-state index in [1.165, 1.54) is 13.4 Å². The normalized spacial score (nSPS) is 13.6. The van der Waals surface area contributed by atoms with Crippen LogP contribution in [0.1, 0.15) is 43.2 Å². The van der Waals surface area contributed by atoms with Crippen LogP contribution >= 0.6 is 0 Å². The maximum Gasteiger partial charge on any atom is 0.262 e. The topological polar surface area (TPSA) is 203 Å². The number of fused-ring (bicyclic) bond motifs is 1. The molecule has 5 rings (SSSR count). The fraction of sp³-hybridized carbons (Fsp3) is 0.304. The Hall–Kier alpha value is -4.52. The van der Waals surface area contributed by atoms with Gasteiger partial charge in [0.15, 0.2) is 5.84 Å². The monoisotopic (exact) mass is 488 g/mol. The van der Waals surface area contributed by atoms with Crippen LogP contribution in [0.2, 0.25) is 0 Å². The van der Waals surface area contributed by atoms with E-state index in [-0.39, 0.29) is 34.6 Å². The third-order valence-electron chi connectivity index (χ3n) is 5.85. The van der Waals surface area contributed by atoms with Crippen molar-refractivity contribution in [3.8, 4) is 11.1 Å². The number of hydrogen-bond acceptors (Lipinski definition) is 10. The lowest BCUT2D eigenvalue weighted by Gasteiger charge is -2.21. The zero-order chi connectivity index (χ0) is 26.0. The Morgan fingerprint density at radius 2 is 2.03 bits per heavy atom. The third-order valence-corrected chi connectivity index (χ3v) is 5.85. The van der Waals surface area contributed by atoms with Gasteiger partial charge in [0.25, 0.3) is 5.56 Å². The van der Waals surface area contributed by atoms with Gasteiger partial charge in [-0.05, 0) is 38.4 Å². The van der Waals surface area contributed by atoms with Crippen LogP contribution in [0.3, 0.4) is 0 Å². The Kier molecular flexibility index (Phi) is 6.83. The van der Waals surface area contributed by atoms with Crippen LogP contribution in [0, 0.1) is 10.9 Å². The van der Waals surface area contributed by atoms with Crippen molar-refractivity contribution < 1.29 is 0 Å². The van der Waals surface area contributed by atoms with Crippen molar-refractivity contribution in [1.82, 2.24) is 29.3 Å². The van der Waals surface area contributed by atoms with E-state index < -0.39 is 6.04 Å². The van der Waals surface area contributed by atoms with Gasteiger partial charge in [0.05, 0.1) is 23.1 Å². The van der Waals surface area contributed by atoms with E-state index in [1.54, 1.807) is 15.4 Å². The molecule has 1 fully saturated rings. The van der Waals surface area contributed by atoms with Crippen LogP contribution in [0.5, 0.6) is 0 Å². The van der Waals surface area contributed by atoms with Crippen LogP contribution < -0.4 is 22.3 Å². The fourth-order valence-electron chi connectivity index (χ4n) is 4.12. The van der Waals surface area contributed by atoms with Crippen molar-refractivity contribution in [3.05, 3.63) is 58.7 Å². The standard InChI is InChI=1S/C22H23N11O.CH5N/c1-11(29-20-17(19(24)31-25)18(23)26-10-27-20)21-30-15-5-3-4-14(12-8-28-32(2)9-12)16(15)22(34)33(21)13-6-7-13;1-2/h3-5,8-11,13,24-25H,6-7H2,1-2H3,(H3,23,26,27,29);2H2,1H3/t11-;/m0./s1. The Bertz CT molecular complexity index is 1500. The molecular weight excluding hydrogens is 460 g/mol. The quantitative estimate of drug-likeness (QED) is 0.155. The smallest absolute Gasteiger partial charge is 0.262 e. The average Bonchev–Trinajstić information content (AvgIpc) is 3.63. The number of amidine groups is 1. The average molecular weight is 489 g/mol. The fourth-order valence-corrected chi connectivity index (χ4v) is 4.12. The summed E-state index contributed by atoms with van der Waals surface area (Å²) in [7, 11) is 3.34. The van der Waals surface area contributed by atoms with Crippen LogP contribution in [-0.4, -0.2) is 42.2 Å². The number of nitrogens with one attached hydrogen (secondary N) is 3. The largest absolute Gasteiger partial charge is 0.383 e. The molecule has 1 aliphatic rings. The second-order valence-electron chi connectivity index (χ2n) is 8.29. The summed E-state index contributed by atoms with van der Waals surface area (Å²) in [6, 6.07) is 5.23. The first-order chi connectivity index (χ1) is 17.4. The molecule has 0 spiro atoms. The van der Waals surface area contributed by atoms with Gasteiger partial charge in [-0.15, -0.1) is 5.11 Å². The summed E-state index contributed by atoms with van der Waals surface area (Å²) < 4.78 is 3.46. The van der Waals surface area contributed by atoms with E-state index in [2.05, 4.69) is 31.2 Å². The molecule has 0 saturated heterocycles. The van der Waals surface area contributed by atoms with Gasteiger partial charge in [0.2, 0.25) is 0 Å². The maximum absolute atomic E-state index is 13.8. The zero-order valence-corrected chi connectivity index (χ0v) is 20.2. The van der Waals surface area contributed by atoms with E-state index in [4.69, 9.17) is 21.7 Å². The number of aryl methyl sites for hydroxylation is 1. The predicted molar refractivity (Wildman–Crippen MR) is 137 cm³/mol. The van der Waals surface area contributed by atoms with E-state index in [1.807, 2.05) is 38.4 Å². The summed E-state index contributed by atoms with van der Waals surface area (Å²) in [4.78, 5) is 26.8. The van der Waals surface area contributed by atoms with Gasteiger partial charge in [-0.2, -0.15) is 5.10 Å². The SMILES string of the molecule is CN.C[C@H](Nc1ncnc(N)c1C(=N)N=N)c1nc2cccc(-c3cnn(C)c3)c2c(=O)n1C1CC1. The molecule has 1 atom stereocenters. The molecule has 3 heterocycles. The number of hydrogen-bond donors (Lipinski definition) is 5. The Morgan fingerprint density at radius 3 is 2.67 bits per heavy atom.